The Labute approximate surface area is 241 Å². The summed E-state index contributed by atoms with van der Waals surface area (Å²) in [5, 5.41) is 17.2. The molecule has 2 saturated carbocycles. The van der Waals surface area contributed by atoms with Crippen molar-refractivity contribution in [1.29, 1.82) is 0 Å². The van der Waals surface area contributed by atoms with E-state index in [1.165, 1.54) is 18.9 Å². The van der Waals surface area contributed by atoms with Gasteiger partial charge >= 0.3 is 0 Å². The summed E-state index contributed by atoms with van der Waals surface area (Å²) in [5.74, 6) is -0.903. The van der Waals surface area contributed by atoms with Crippen molar-refractivity contribution in [1.82, 2.24) is 30.3 Å². The van der Waals surface area contributed by atoms with Crippen molar-refractivity contribution in [2.45, 2.75) is 97.6 Å². The van der Waals surface area contributed by atoms with Crippen molar-refractivity contribution in [3.05, 3.63) is 47.4 Å². The molecular weight excluding hydrogens is 521 g/mol. The van der Waals surface area contributed by atoms with Gasteiger partial charge in [-0.05, 0) is 50.7 Å². The fourth-order valence-electron chi connectivity index (χ4n) is 7.13. The first kappa shape index (κ1) is 29.0. The van der Waals surface area contributed by atoms with Gasteiger partial charge in [0.1, 0.15) is 11.7 Å². The Kier molecular flexibility index (Phi) is 9.15. The van der Waals surface area contributed by atoms with Crippen molar-refractivity contribution >= 4 is 17.6 Å². The highest BCUT2D eigenvalue weighted by Crippen LogP contribution is 2.42. The Hall–Kier alpha value is -3.56. The lowest BCUT2D eigenvalue weighted by Crippen LogP contribution is -2.53. The van der Waals surface area contributed by atoms with Crippen LogP contribution in [0.3, 0.4) is 0 Å². The van der Waals surface area contributed by atoms with E-state index in [0.717, 1.165) is 68.3 Å². The van der Waals surface area contributed by atoms with E-state index in [0.29, 0.717) is 29.6 Å². The van der Waals surface area contributed by atoms with Crippen LogP contribution in [0.5, 0.6) is 0 Å². The van der Waals surface area contributed by atoms with E-state index < -0.39 is 17.8 Å². The van der Waals surface area contributed by atoms with Gasteiger partial charge in [-0.1, -0.05) is 64.2 Å². The molecule has 220 valence electrons. The molecule has 10 heteroatoms. The molecule has 2 aliphatic rings. The largest absolute Gasteiger partial charge is 0.339 e. The summed E-state index contributed by atoms with van der Waals surface area (Å²) in [5.41, 5.74) is 3.36. The number of carbonyl (C=O) groups is 2. The normalized spacial score (nSPS) is 17.5. The van der Waals surface area contributed by atoms with Gasteiger partial charge in [-0.25, -0.2) is 9.37 Å². The summed E-state index contributed by atoms with van der Waals surface area (Å²) in [4.78, 5) is 32.0. The molecule has 41 heavy (non-hydrogen) atoms. The maximum atomic E-state index is 15.4. The number of nitrogens with zero attached hydrogens (tertiary/aromatic N) is 4. The molecule has 3 N–H and O–H groups in total. The lowest BCUT2D eigenvalue weighted by atomic mass is 9.66. The molecule has 1 atom stereocenters. The van der Waals surface area contributed by atoms with Gasteiger partial charge in [0.05, 0.1) is 5.69 Å². The minimum atomic E-state index is -0.812. The Balaban J connectivity index is 1.46. The molecule has 5 rings (SSSR count). The van der Waals surface area contributed by atoms with Crippen molar-refractivity contribution in [2.24, 2.45) is 17.8 Å². The first-order valence-corrected chi connectivity index (χ1v) is 15.2. The first-order valence-electron chi connectivity index (χ1n) is 15.2. The van der Waals surface area contributed by atoms with Crippen molar-refractivity contribution in [3.63, 3.8) is 0 Å². The third kappa shape index (κ3) is 6.36. The molecule has 3 aromatic heterocycles. The summed E-state index contributed by atoms with van der Waals surface area (Å²) in [6, 6.07) is 2.23. The predicted molar refractivity (Wildman–Crippen MR) is 156 cm³/mol. The standard InChI is InChI=1S/C31H42FN7O2/c1-4-39-25(15-16-34-39)30(40)35-28(27(21-11-7-5-8-12-21)22-13-9-6-10-14-22)31(41)36-29-24(32)17-23(18-33-29)26-19(2)37-38-20(26)3/h15-18,21-22,27-28H,4-14H2,1-3H3,(H,35,40)(H,37,38)(H,33,36,41)/t28-/m0/s1. The second kappa shape index (κ2) is 13.0. The zero-order valence-electron chi connectivity index (χ0n) is 24.4. The fraction of sp³-hybridized carbons (Fsp3) is 0.581. The topological polar surface area (TPSA) is 118 Å². The summed E-state index contributed by atoms with van der Waals surface area (Å²) in [6.45, 7) is 6.18. The number of aromatic amines is 1. The quantitative estimate of drug-likeness (QED) is 0.297. The van der Waals surface area contributed by atoms with E-state index >= 15 is 4.39 Å². The Morgan fingerprint density at radius 2 is 1.73 bits per heavy atom. The molecule has 0 bridgehead atoms. The average molecular weight is 564 g/mol. The Morgan fingerprint density at radius 3 is 2.29 bits per heavy atom. The summed E-state index contributed by atoms with van der Waals surface area (Å²) >= 11 is 0. The Morgan fingerprint density at radius 1 is 1.07 bits per heavy atom. The molecule has 2 aliphatic carbocycles. The van der Waals surface area contributed by atoms with E-state index in [-0.39, 0.29) is 17.6 Å². The van der Waals surface area contributed by atoms with Crippen LogP contribution >= 0.6 is 0 Å². The van der Waals surface area contributed by atoms with Gasteiger partial charge in [0.25, 0.3) is 5.91 Å². The SMILES string of the molecule is CCn1nccc1C(=O)N[C@H](C(=O)Nc1ncc(-c2c(C)n[nH]c2C)cc1F)C(C1CCCCC1)C1CCCCC1. The molecule has 2 fully saturated rings. The van der Waals surface area contributed by atoms with E-state index in [9.17, 15) is 9.59 Å². The number of halogens is 1. The molecule has 3 heterocycles. The van der Waals surface area contributed by atoms with Crippen LogP contribution in [-0.2, 0) is 11.3 Å². The van der Waals surface area contributed by atoms with Crippen LogP contribution in [-0.4, -0.2) is 42.8 Å². The predicted octanol–water partition coefficient (Wildman–Crippen LogP) is 5.96. The lowest BCUT2D eigenvalue weighted by Gasteiger charge is -2.41. The number of aryl methyl sites for hydroxylation is 3. The van der Waals surface area contributed by atoms with Crippen LogP contribution in [0.4, 0.5) is 10.2 Å². The van der Waals surface area contributed by atoms with E-state index in [1.807, 2.05) is 20.8 Å². The summed E-state index contributed by atoms with van der Waals surface area (Å²) in [6.07, 6.45) is 14.2. The van der Waals surface area contributed by atoms with Crippen LogP contribution in [0.1, 0.15) is 93.0 Å². The molecular formula is C31H42FN7O2. The van der Waals surface area contributed by atoms with Gasteiger partial charge < -0.3 is 10.6 Å². The minimum absolute atomic E-state index is 0.0314. The zero-order valence-corrected chi connectivity index (χ0v) is 24.4. The van der Waals surface area contributed by atoms with Crippen molar-refractivity contribution in [3.8, 4) is 11.1 Å². The molecule has 0 radical (unpaired) electrons. The highest BCUT2D eigenvalue weighted by Gasteiger charge is 2.41. The molecule has 0 aliphatic heterocycles. The lowest BCUT2D eigenvalue weighted by molar-refractivity contribution is -0.121. The molecule has 0 saturated heterocycles. The van der Waals surface area contributed by atoms with Gasteiger partial charge in [-0.3, -0.25) is 19.4 Å². The number of hydrogen-bond donors (Lipinski definition) is 3. The highest BCUT2D eigenvalue weighted by atomic mass is 19.1. The zero-order chi connectivity index (χ0) is 28.9. The number of hydrogen-bond acceptors (Lipinski definition) is 5. The number of pyridine rings is 1. The number of nitrogens with one attached hydrogen (secondary N) is 3. The number of anilines is 1. The number of rotatable bonds is 9. The third-order valence-corrected chi connectivity index (χ3v) is 9.09. The van der Waals surface area contributed by atoms with Crippen molar-refractivity contribution < 1.29 is 14.0 Å². The van der Waals surface area contributed by atoms with Crippen LogP contribution in [0.15, 0.2) is 24.5 Å². The van der Waals surface area contributed by atoms with Crippen LogP contribution in [0.2, 0.25) is 0 Å². The summed E-state index contributed by atoms with van der Waals surface area (Å²) < 4.78 is 17.0. The van der Waals surface area contributed by atoms with Gasteiger partial charge in [-0.15, -0.1) is 0 Å². The molecule has 0 aromatic carbocycles. The van der Waals surface area contributed by atoms with E-state index in [2.05, 4.69) is 30.9 Å². The monoisotopic (exact) mass is 563 g/mol. The highest BCUT2D eigenvalue weighted by molar-refractivity contribution is 6.00. The molecule has 9 nitrogen and oxygen atoms in total. The fourth-order valence-corrected chi connectivity index (χ4v) is 7.13. The number of H-pyrrole nitrogens is 1. The van der Waals surface area contributed by atoms with E-state index in [1.54, 1.807) is 23.1 Å². The Bertz CT molecular complexity index is 1320. The molecule has 2 amide bonds. The van der Waals surface area contributed by atoms with Gasteiger partial charge in [0.15, 0.2) is 11.6 Å². The molecule has 0 spiro atoms. The maximum Gasteiger partial charge on any atom is 0.270 e. The van der Waals surface area contributed by atoms with Gasteiger partial charge in [0, 0.05) is 35.8 Å². The van der Waals surface area contributed by atoms with Crippen LogP contribution in [0.25, 0.3) is 11.1 Å². The van der Waals surface area contributed by atoms with E-state index in [4.69, 9.17) is 0 Å². The third-order valence-electron chi connectivity index (χ3n) is 9.09. The first-order chi connectivity index (χ1) is 19.9. The number of carbonyl (C=O) groups excluding carboxylic acids is 2. The number of amides is 2. The minimum Gasteiger partial charge on any atom is -0.339 e. The maximum absolute atomic E-state index is 15.4. The van der Waals surface area contributed by atoms with Crippen molar-refractivity contribution in [2.75, 3.05) is 5.32 Å². The molecule has 0 unspecified atom stereocenters. The number of aromatic nitrogens is 5. The van der Waals surface area contributed by atoms with Crippen LogP contribution in [0, 0.1) is 37.4 Å². The van der Waals surface area contributed by atoms with Gasteiger partial charge in [0.2, 0.25) is 5.91 Å². The second-order valence-corrected chi connectivity index (χ2v) is 11.7. The average Bonchev–Trinajstić information content (AvgIpc) is 3.60. The molecule has 3 aromatic rings. The van der Waals surface area contributed by atoms with Gasteiger partial charge in [-0.2, -0.15) is 10.2 Å². The smallest absolute Gasteiger partial charge is 0.270 e. The van der Waals surface area contributed by atoms with Crippen LogP contribution < -0.4 is 10.6 Å². The second-order valence-electron chi connectivity index (χ2n) is 11.7. The summed E-state index contributed by atoms with van der Waals surface area (Å²) in [7, 11) is 0.